The summed E-state index contributed by atoms with van der Waals surface area (Å²) in [4.78, 5) is 20.9. The highest BCUT2D eigenvalue weighted by Crippen LogP contribution is 2.30. The van der Waals surface area contributed by atoms with E-state index >= 15 is 0 Å². The number of anilines is 2. The third-order valence-electron chi connectivity index (χ3n) is 3.61. The summed E-state index contributed by atoms with van der Waals surface area (Å²) in [5, 5.41) is 7.65. The molecule has 7 heteroatoms. The first-order chi connectivity index (χ1) is 12.1. The molecule has 0 radical (unpaired) electrons. The predicted octanol–water partition coefficient (Wildman–Crippen LogP) is 4.25. The Hall–Kier alpha value is -2.31. The molecule has 0 saturated heterocycles. The van der Waals surface area contributed by atoms with Crippen LogP contribution in [0.15, 0.2) is 53.7 Å². The van der Waals surface area contributed by atoms with Crippen LogP contribution in [-0.2, 0) is 4.79 Å². The Bertz CT molecular complexity index is 918. The number of carbonyl (C=O) groups is 1. The molecule has 1 heterocycles. The lowest BCUT2D eigenvalue weighted by Gasteiger charge is -2.13. The number of nitrogens with zero attached hydrogens (tertiary/aromatic N) is 2. The van der Waals surface area contributed by atoms with Gasteiger partial charge in [0.15, 0.2) is 5.16 Å². The van der Waals surface area contributed by atoms with Gasteiger partial charge < -0.3 is 10.6 Å². The van der Waals surface area contributed by atoms with Crippen LogP contribution in [0.5, 0.6) is 0 Å². The number of thioether (sulfide) groups is 1. The van der Waals surface area contributed by atoms with E-state index in [4.69, 9.17) is 11.6 Å². The zero-order valence-electron chi connectivity index (χ0n) is 13.8. The van der Waals surface area contributed by atoms with Gasteiger partial charge in [-0.15, -0.1) is 0 Å². The molecule has 0 fully saturated rings. The van der Waals surface area contributed by atoms with Crippen molar-refractivity contribution in [3.63, 3.8) is 0 Å². The predicted molar refractivity (Wildman–Crippen MR) is 104 cm³/mol. The Balaban J connectivity index is 2.01. The molecule has 0 unspecified atom stereocenters. The summed E-state index contributed by atoms with van der Waals surface area (Å²) in [6.07, 6.45) is 0. The Labute approximate surface area is 155 Å². The molecule has 0 aliphatic heterocycles. The van der Waals surface area contributed by atoms with Crippen LogP contribution in [0.3, 0.4) is 0 Å². The second-order valence-corrected chi connectivity index (χ2v) is 7.07. The summed E-state index contributed by atoms with van der Waals surface area (Å²) in [6.45, 7) is 1.82. The average molecular weight is 373 g/mol. The molecule has 3 aromatic rings. The van der Waals surface area contributed by atoms with Crippen molar-refractivity contribution in [3.05, 3.63) is 53.6 Å². The summed E-state index contributed by atoms with van der Waals surface area (Å²) in [5.41, 5.74) is 1.57. The van der Waals surface area contributed by atoms with Crippen molar-refractivity contribution in [3.8, 4) is 0 Å². The Kier molecular flexibility index (Phi) is 5.40. The van der Waals surface area contributed by atoms with E-state index in [1.165, 1.54) is 11.8 Å². The maximum Gasteiger partial charge on any atom is 0.233 e. The summed E-state index contributed by atoms with van der Waals surface area (Å²) >= 11 is 7.56. The summed E-state index contributed by atoms with van der Waals surface area (Å²) < 4.78 is 0. The van der Waals surface area contributed by atoms with Gasteiger partial charge in [0.1, 0.15) is 5.82 Å². The molecular formula is C18H17ClN4OS. The van der Waals surface area contributed by atoms with Gasteiger partial charge in [0.2, 0.25) is 5.91 Å². The molecule has 0 aliphatic rings. The van der Waals surface area contributed by atoms with E-state index in [0.717, 1.165) is 16.6 Å². The van der Waals surface area contributed by atoms with Crippen molar-refractivity contribution in [2.24, 2.45) is 0 Å². The second-order valence-electron chi connectivity index (χ2n) is 5.35. The van der Waals surface area contributed by atoms with Gasteiger partial charge in [-0.3, -0.25) is 4.79 Å². The molecule has 3 rings (SSSR count). The number of nitrogens with one attached hydrogen (secondary N) is 2. The lowest BCUT2D eigenvalue weighted by molar-refractivity contribution is -0.119. The largest absolute Gasteiger partial charge is 0.358 e. The highest BCUT2D eigenvalue weighted by Gasteiger charge is 2.16. The van der Waals surface area contributed by atoms with Gasteiger partial charge >= 0.3 is 0 Å². The minimum atomic E-state index is -0.292. The quantitative estimate of drug-likeness (QED) is 0.517. The number of halogens is 1. The van der Waals surface area contributed by atoms with Crippen molar-refractivity contribution in [2.75, 3.05) is 12.4 Å². The van der Waals surface area contributed by atoms with Gasteiger partial charge in [-0.25, -0.2) is 9.97 Å². The van der Waals surface area contributed by atoms with Gasteiger partial charge in [0.05, 0.1) is 21.5 Å². The molecule has 1 aromatic heterocycles. The molecule has 1 atom stereocenters. The van der Waals surface area contributed by atoms with Gasteiger partial charge in [0, 0.05) is 12.4 Å². The molecule has 128 valence electrons. The molecule has 0 bridgehead atoms. The van der Waals surface area contributed by atoms with Gasteiger partial charge in [-0.05, 0) is 31.2 Å². The number of rotatable bonds is 5. The van der Waals surface area contributed by atoms with E-state index < -0.39 is 0 Å². The number of para-hydroxylation sites is 2. The van der Waals surface area contributed by atoms with E-state index in [1.807, 2.05) is 55.5 Å². The summed E-state index contributed by atoms with van der Waals surface area (Å²) in [6, 6.07) is 15.2. The highest BCUT2D eigenvalue weighted by atomic mass is 35.5. The molecule has 0 aliphatic carbocycles. The molecule has 0 saturated carbocycles. The van der Waals surface area contributed by atoms with Gasteiger partial charge in [-0.1, -0.05) is 47.6 Å². The first-order valence-electron chi connectivity index (χ1n) is 7.75. The Morgan fingerprint density at radius 3 is 2.60 bits per heavy atom. The highest BCUT2D eigenvalue weighted by molar-refractivity contribution is 8.00. The molecule has 1 amide bonds. The van der Waals surface area contributed by atoms with Gasteiger partial charge in [-0.2, -0.15) is 0 Å². The molecular weight excluding hydrogens is 356 g/mol. The van der Waals surface area contributed by atoms with Crippen LogP contribution < -0.4 is 10.6 Å². The first-order valence-corrected chi connectivity index (χ1v) is 9.01. The summed E-state index contributed by atoms with van der Waals surface area (Å²) in [5.74, 6) is 0.590. The van der Waals surface area contributed by atoms with Crippen molar-refractivity contribution >= 4 is 51.7 Å². The molecule has 2 aromatic carbocycles. The van der Waals surface area contributed by atoms with Crippen molar-refractivity contribution < 1.29 is 4.79 Å². The Morgan fingerprint density at radius 1 is 1.12 bits per heavy atom. The third-order valence-corrected chi connectivity index (χ3v) is 4.90. The molecule has 2 N–H and O–H groups in total. The number of benzene rings is 2. The minimum absolute atomic E-state index is 0.0672. The van der Waals surface area contributed by atoms with E-state index in [1.54, 1.807) is 7.05 Å². The fourth-order valence-corrected chi connectivity index (χ4v) is 3.33. The fourth-order valence-electron chi connectivity index (χ4n) is 2.31. The zero-order valence-corrected chi connectivity index (χ0v) is 15.4. The van der Waals surface area contributed by atoms with Crippen LogP contribution in [0.4, 0.5) is 11.5 Å². The first kappa shape index (κ1) is 17.5. The Morgan fingerprint density at radius 2 is 1.84 bits per heavy atom. The van der Waals surface area contributed by atoms with Crippen LogP contribution in [0, 0.1) is 0 Å². The van der Waals surface area contributed by atoms with E-state index in [-0.39, 0.29) is 11.2 Å². The zero-order chi connectivity index (χ0) is 17.8. The lowest BCUT2D eigenvalue weighted by Crippen LogP contribution is -2.27. The van der Waals surface area contributed by atoms with Crippen LogP contribution in [-0.4, -0.2) is 28.2 Å². The number of carbonyl (C=O) groups excluding carboxylic acids is 1. The smallest absolute Gasteiger partial charge is 0.233 e. The molecule has 5 nitrogen and oxygen atoms in total. The molecule has 25 heavy (non-hydrogen) atoms. The van der Waals surface area contributed by atoms with Crippen LogP contribution in [0.25, 0.3) is 10.9 Å². The molecule has 0 spiro atoms. The van der Waals surface area contributed by atoms with Crippen molar-refractivity contribution in [2.45, 2.75) is 17.3 Å². The van der Waals surface area contributed by atoms with Crippen LogP contribution >= 0.6 is 23.4 Å². The van der Waals surface area contributed by atoms with E-state index in [2.05, 4.69) is 20.6 Å². The average Bonchev–Trinajstić information content (AvgIpc) is 2.63. The number of hydrogen-bond donors (Lipinski definition) is 2. The number of aromatic nitrogens is 2. The maximum atomic E-state index is 11.8. The SMILES string of the molecule is CNC(=O)[C@H](C)Sc1nc(Nc2ccccc2Cl)c2ccccc2n1. The fraction of sp³-hybridized carbons (Fsp3) is 0.167. The number of hydrogen-bond acceptors (Lipinski definition) is 5. The van der Waals surface area contributed by atoms with Crippen molar-refractivity contribution in [1.29, 1.82) is 0 Å². The van der Waals surface area contributed by atoms with Crippen LogP contribution in [0.1, 0.15) is 6.92 Å². The third kappa shape index (κ3) is 4.03. The lowest BCUT2D eigenvalue weighted by atomic mass is 10.2. The monoisotopic (exact) mass is 372 g/mol. The maximum absolute atomic E-state index is 11.8. The van der Waals surface area contributed by atoms with Crippen LogP contribution in [0.2, 0.25) is 5.02 Å². The topological polar surface area (TPSA) is 66.9 Å². The summed E-state index contributed by atoms with van der Waals surface area (Å²) in [7, 11) is 1.62. The van der Waals surface area contributed by atoms with E-state index in [9.17, 15) is 4.79 Å². The number of fused-ring (bicyclic) bond motifs is 1. The normalized spacial score (nSPS) is 12.0. The van der Waals surface area contributed by atoms with Crippen molar-refractivity contribution in [1.82, 2.24) is 15.3 Å². The van der Waals surface area contributed by atoms with Gasteiger partial charge in [0.25, 0.3) is 0 Å². The standard InChI is InChI=1S/C18H17ClN4OS/c1-11(17(24)20-2)25-18-22-14-9-5-3-7-12(14)16(23-18)21-15-10-6-4-8-13(15)19/h3-11H,1-2H3,(H,20,24)(H,21,22,23)/t11-/m0/s1. The minimum Gasteiger partial charge on any atom is -0.358 e. The van der Waals surface area contributed by atoms with E-state index in [0.29, 0.717) is 16.0 Å². The second kappa shape index (κ2) is 7.72. The number of amides is 1.